The fourth-order valence-corrected chi connectivity index (χ4v) is 4.64. The Morgan fingerprint density at radius 1 is 1.18 bits per heavy atom. The number of urea groups is 1. The molecule has 3 rings (SSSR count). The van der Waals surface area contributed by atoms with Crippen molar-refractivity contribution in [2.75, 3.05) is 26.2 Å². The Bertz CT molecular complexity index is 713. The van der Waals surface area contributed by atoms with Crippen molar-refractivity contribution in [3.63, 3.8) is 0 Å². The van der Waals surface area contributed by atoms with Crippen LogP contribution in [0.25, 0.3) is 0 Å². The van der Waals surface area contributed by atoms with Crippen LogP contribution in [-0.4, -0.2) is 53.1 Å². The van der Waals surface area contributed by atoms with Gasteiger partial charge in [0.1, 0.15) is 0 Å². The second-order valence-corrected chi connectivity index (χ2v) is 9.10. The molecule has 2 amide bonds. The van der Waals surface area contributed by atoms with Crippen LogP contribution in [0.5, 0.6) is 0 Å². The van der Waals surface area contributed by atoms with Crippen LogP contribution in [0.1, 0.15) is 44.7 Å². The van der Waals surface area contributed by atoms with E-state index in [4.69, 9.17) is 0 Å². The maximum Gasteiger partial charge on any atom is 0.317 e. The fraction of sp³-hybridized carbons (Fsp3) is 0.636. The van der Waals surface area contributed by atoms with Gasteiger partial charge in [-0.15, -0.1) is 0 Å². The van der Waals surface area contributed by atoms with E-state index >= 15 is 0 Å². The summed E-state index contributed by atoms with van der Waals surface area (Å²) in [6.07, 6.45) is 1.79. The molecule has 3 atom stereocenters. The number of hydrogen-bond acceptors (Lipinski definition) is 3. The Morgan fingerprint density at radius 3 is 2.43 bits per heavy atom. The van der Waals surface area contributed by atoms with Gasteiger partial charge in [-0.1, -0.05) is 38.1 Å². The summed E-state index contributed by atoms with van der Waals surface area (Å²) in [5.41, 5.74) is 1.54. The molecule has 2 aliphatic rings. The molecule has 154 valence electrons. The molecule has 2 fully saturated rings. The standard InChI is InChI=1S/C22H33N3O3/c1-16-10-17(2)13-24(12-16)14-19-7-5-4-6-18(19)11-23-21(28)25-9-8-22(3,15-25)20(26)27/h4-7,16-17H,8-15H2,1-3H3,(H,23,28)(H,26,27). The highest BCUT2D eigenvalue weighted by molar-refractivity contribution is 5.79. The number of benzene rings is 1. The largest absolute Gasteiger partial charge is 0.481 e. The minimum Gasteiger partial charge on any atom is -0.481 e. The van der Waals surface area contributed by atoms with Crippen molar-refractivity contribution in [1.29, 1.82) is 0 Å². The molecule has 28 heavy (non-hydrogen) atoms. The van der Waals surface area contributed by atoms with Gasteiger partial charge >= 0.3 is 12.0 Å². The second kappa shape index (κ2) is 8.52. The highest BCUT2D eigenvalue weighted by Crippen LogP contribution is 2.30. The second-order valence-electron chi connectivity index (χ2n) is 9.10. The molecule has 0 aromatic heterocycles. The first-order chi connectivity index (χ1) is 13.3. The van der Waals surface area contributed by atoms with E-state index in [0.717, 1.165) is 25.2 Å². The lowest BCUT2D eigenvalue weighted by atomic mass is 9.90. The quantitative estimate of drug-likeness (QED) is 0.814. The lowest BCUT2D eigenvalue weighted by Gasteiger charge is -2.35. The van der Waals surface area contributed by atoms with Gasteiger partial charge in [0.25, 0.3) is 0 Å². The summed E-state index contributed by atoms with van der Waals surface area (Å²) in [4.78, 5) is 28.0. The zero-order chi connectivity index (χ0) is 20.3. The number of aliphatic carboxylic acids is 1. The van der Waals surface area contributed by atoms with Crippen LogP contribution in [0.15, 0.2) is 24.3 Å². The number of rotatable bonds is 5. The number of carbonyl (C=O) groups excluding carboxylic acids is 1. The van der Waals surface area contributed by atoms with E-state index in [1.54, 1.807) is 11.8 Å². The molecule has 2 saturated heterocycles. The third-order valence-electron chi connectivity index (χ3n) is 6.16. The van der Waals surface area contributed by atoms with Crippen LogP contribution in [-0.2, 0) is 17.9 Å². The topological polar surface area (TPSA) is 72.9 Å². The van der Waals surface area contributed by atoms with E-state index in [0.29, 0.717) is 31.3 Å². The summed E-state index contributed by atoms with van der Waals surface area (Å²) < 4.78 is 0. The van der Waals surface area contributed by atoms with Gasteiger partial charge < -0.3 is 15.3 Å². The van der Waals surface area contributed by atoms with Gasteiger partial charge in [0, 0.05) is 39.3 Å². The van der Waals surface area contributed by atoms with Crippen LogP contribution >= 0.6 is 0 Å². The van der Waals surface area contributed by atoms with Crippen LogP contribution < -0.4 is 5.32 Å². The summed E-state index contributed by atoms with van der Waals surface area (Å²) in [6.45, 7) is 10.7. The van der Waals surface area contributed by atoms with Crippen molar-refractivity contribution in [2.45, 2.75) is 46.7 Å². The predicted molar refractivity (Wildman–Crippen MR) is 109 cm³/mol. The molecule has 3 unspecified atom stereocenters. The van der Waals surface area contributed by atoms with Crippen LogP contribution in [0.3, 0.4) is 0 Å². The third kappa shape index (κ3) is 4.85. The first kappa shape index (κ1) is 20.6. The summed E-state index contributed by atoms with van der Waals surface area (Å²) >= 11 is 0. The predicted octanol–water partition coefficient (Wildman–Crippen LogP) is 3.17. The Balaban J connectivity index is 1.58. The van der Waals surface area contributed by atoms with Gasteiger partial charge in [0.2, 0.25) is 0 Å². The molecule has 0 radical (unpaired) electrons. The molecule has 6 heteroatoms. The van der Waals surface area contributed by atoms with Crippen molar-refractivity contribution in [1.82, 2.24) is 15.1 Å². The number of carboxylic acids is 1. The lowest BCUT2D eigenvalue weighted by molar-refractivity contribution is -0.147. The van der Waals surface area contributed by atoms with Gasteiger partial charge in [-0.05, 0) is 42.7 Å². The van der Waals surface area contributed by atoms with E-state index < -0.39 is 11.4 Å². The number of carbonyl (C=O) groups is 2. The first-order valence-electron chi connectivity index (χ1n) is 10.3. The molecule has 2 heterocycles. The highest BCUT2D eigenvalue weighted by atomic mass is 16.4. The molecule has 1 aromatic rings. The molecule has 6 nitrogen and oxygen atoms in total. The zero-order valence-electron chi connectivity index (χ0n) is 17.3. The van der Waals surface area contributed by atoms with E-state index in [1.165, 1.54) is 12.0 Å². The number of piperidine rings is 1. The lowest BCUT2D eigenvalue weighted by Crippen LogP contribution is -2.41. The first-order valence-corrected chi connectivity index (χ1v) is 10.3. The molecular weight excluding hydrogens is 354 g/mol. The summed E-state index contributed by atoms with van der Waals surface area (Å²) in [7, 11) is 0. The smallest absolute Gasteiger partial charge is 0.317 e. The van der Waals surface area contributed by atoms with Crippen molar-refractivity contribution in [2.24, 2.45) is 17.3 Å². The van der Waals surface area contributed by atoms with Crippen molar-refractivity contribution in [3.05, 3.63) is 35.4 Å². The number of nitrogens with one attached hydrogen (secondary N) is 1. The highest BCUT2D eigenvalue weighted by Gasteiger charge is 2.42. The average Bonchev–Trinajstić information content (AvgIpc) is 3.04. The third-order valence-corrected chi connectivity index (χ3v) is 6.16. The Hall–Kier alpha value is -2.08. The molecule has 1 aromatic carbocycles. The number of hydrogen-bond donors (Lipinski definition) is 2. The van der Waals surface area contributed by atoms with Gasteiger partial charge in [0.05, 0.1) is 5.41 Å². The molecule has 0 saturated carbocycles. The summed E-state index contributed by atoms with van der Waals surface area (Å²) in [6, 6.07) is 8.08. The minimum absolute atomic E-state index is 0.181. The van der Waals surface area contributed by atoms with Crippen LogP contribution in [0, 0.1) is 17.3 Å². The molecular formula is C22H33N3O3. The maximum atomic E-state index is 12.5. The molecule has 0 bridgehead atoms. The van der Waals surface area contributed by atoms with Gasteiger partial charge in [-0.2, -0.15) is 0 Å². The fourth-order valence-electron chi connectivity index (χ4n) is 4.64. The Morgan fingerprint density at radius 2 is 1.82 bits per heavy atom. The molecule has 0 aliphatic carbocycles. The SMILES string of the molecule is CC1CC(C)CN(Cc2ccccc2CNC(=O)N2CCC(C)(C(=O)O)C2)C1. The van der Waals surface area contributed by atoms with Crippen molar-refractivity contribution < 1.29 is 14.7 Å². The van der Waals surface area contributed by atoms with Gasteiger partial charge in [0.15, 0.2) is 0 Å². The summed E-state index contributed by atoms with van der Waals surface area (Å²) in [5.74, 6) is 0.599. The van der Waals surface area contributed by atoms with Crippen molar-refractivity contribution in [3.8, 4) is 0 Å². The van der Waals surface area contributed by atoms with Crippen LogP contribution in [0.4, 0.5) is 4.79 Å². The number of nitrogens with zero attached hydrogens (tertiary/aromatic N) is 2. The van der Waals surface area contributed by atoms with E-state index in [9.17, 15) is 14.7 Å². The van der Waals surface area contributed by atoms with E-state index in [-0.39, 0.29) is 12.6 Å². The van der Waals surface area contributed by atoms with Gasteiger partial charge in [-0.3, -0.25) is 9.69 Å². The molecule has 2 N–H and O–H groups in total. The Kier molecular flexibility index (Phi) is 6.28. The minimum atomic E-state index is -0.836. The van der Waals surface area contributed by atoms with Crippen LogP contribution in [0.2, 0.25) is 0 Å². The summed E-state index contributed by atoms with van der Waals surface area (Å²) in [5, 5.41) is 12.3. The molecule has 0 spiro atoms. The van der Waals surface area contributed by atoms with E-state index in [1.807, 2.05) is 6.07 Å². The average molecular weight is 388 g/mol. The molecule has 2 aliphatic heterocycles. The number of likely N-dealkylation sites (tertiary alicyclic amines) is 2. The monoisotopic (exact) mass is 387 g/mol. The van der Waals surface area contributed by atoms with Gasteiger partial charge in [-0.25, -0.2) is 4.79 Å². The Labute approximate surface area is 167 Å². The van der Waals surface area contributed by atoms with E-state index in [2.05, 4.69) is 42.3 Å². The normalized spacial score (nSPS) is 28.3. The zero-order valence-corrected chi connectivity index (χ0v) is 17.3. The maximum absolute atomic E-state index is 12.5. The number of amides is 2. The van der Waals surface area contributed by atoms with Crippen molar-refractivity contribution >= 4 is 12.0 Å². The number of carboxylic acid groups (broad SMARTS) is 1.